The second kappa shape index (κ2) is 14.1. The zero-order chi connectivity index (χ0) is 30.3. The Morgan fingerprint density at radius 1 is 0.953 bits per heavy atom. The molecule has 0 spiro atoms. The number of aliphatic hydroxyl groups excluding tert-OH is 1. The average molecular weight is 595 g/mol. The highest BCUT2D eigenvalue weighted by atomic mass is 16.6. The Bertz CT molecular complexity index is 1330. The lowest BCUT2D eigenvalue weighted by Gasteiger charge is -2.29. The fourth-order valence-corrected chi connectivity index (χ4v) is 5.58. The molecule has 0 saturated carbocycles. The Hall–Kier alpha value is -3.76. The molecular formula is C33H42N2O8. The summed E-state index contributed by atoms with van der Waals surface area (Å²) >= 11 is 0. The van der Waals surface area contributed by atoms with Gasteiger partial charge >= 0.3 is 0 Å². The van der Waals surface area contributed by atoms with Crippen LogP contribution in [0.3, 0.4) is 0 Å². The fraction of sp³-hybridized carbons (Fsp3) is 0.515. The minimum atomic E-state index is -0.804. The van der Waals surface area contributed by atoms with Gasteiger partial charge in [0, 0.05) is 31.7 Å². The first-order chi connectivity index (χ1) is 20.9. The van der Waals surface area contributed by atoms with Gasteiger partial charge in [-0.3, -0.25) is 14.5 Å². The number of nitrogens with zero attached hydrogens (tertiary/aromatic N) is 2. The van der Waals surface area contributed by atoms with Crippen LogP contribution in [-0.4, -0.2) is 92.4 Å². The van der Waals surface area contributed by atoms with Crippen molar-refractivity contribution >= 4 is 17.4 Å². The fourth-order valence-electron chi connectivity index (χ4n) is 5.58. The van der Waals surface area contributed by atoms with Crippen LogP contribution in [0.4, 0.5) is 0 Å². The number of hydrogen-bond donors (Lipinski definition) is 1. The first kappa shape index (κ1) is 30.7. The summed E-state index contributed by atoms with van der Waals surface area (Å²) < 4.78 is 28.8. The lowest BCUT2D eigenvalue weighted by molar-refractivity contribution is -0.140. The van der Waals surface area contributed by atoms with Crippen LogP contribution in [0, 0.1) is 5.92 Å². The van der Waals surface area contributed by atoms with Gasteiger partial charge in [0.15, 0.2) is 23.0 Å². The molecule has 1 unspecified atom stereocenters. The molecular weight excluding hydrogens is 552 g/mol. The SMILES string of the molecule is CCOc1cc(C2/C(=C(\O)c3ccc4c(c3)OCCO4)C(=O)C(=O)N2CCCN2CCOCC2)ccc1OCCC(C)C. The van der Waals surface area contributed by atoms with Gasteiger partial charge in [-0.2, -0.15) is 0 Å². The van der Waals surface area contributed by atoms with Crippen molar-refractivity contribution in [1.29, 1.82) is 0 Å². The van der Waals surface area contributed by atoms with Crippen molar-refractivity contribution in [2.45, 2.75) is 39.7 Å². The predicted molar refractivity (Wildman–Crippen MR) is 161 cm³/mol. The summed E-state index contributed by atoms with van der Waals surface area (Å²) in [7, 11) is 0. The van der Waals surface area contributed by atoms with Crippen molar-refractivity contribution in [3.63, 3.8) is 0 Å². The van der Waals surface area contributed by atoms with Gasteiger partial charge in [-0.1, -0.05) is 19.9 Å². The minimum absolute atomic E-state index is 0.0315. The molecule has 0 aromatic heterocycles. The molecule has 10 nitrogen and oxygen atoms in total. The first-order valence-electron chi connectivity index (χ1n) is 15.3. The van der Waals surface area contributed by atoms with E-state index < -0.39 is 17.7 Å². The number of morpholine rings is 1. The van der Waals surface area contributed by atoms with Crippen molar-refractivity contribution < 1.29 is 38.4 Å². The molecule has 2 fully saturated rings. The third-order valence-electron chi connectivity index (χ3n) is 7.87. The molecule has 0 radical (unpaired) electrons. The third kappa shape index (κ3) is 7.08. The zero-order valence-electron chi connectivity index (χ0n) is 25.3. The molecule has 0 bridgehead atoms. The van der Waals surface area contributed by atoms with Crippen molar-refractivity contribution in [3.8, 4) is 23.0 Å². The maximum Gasteiger partial charge on any atom is 0.295 e. The van der Waals surface area contributed by atoms with Crippen molar-refractivity contribution in [3.05, 3.63) is 53.1 Å². The largest absolute Gasteiger partial charge is 0.507 e. The summed E-state index contributed by atoms with van der Waals surface area (Å²) in [5.41, 5.74) is 1.06. The standard InChI is InChI=1S/C33H42N2O8/c1-4-40-27-20-23(6-8-25(27)41-15-10-22(2)3)30-29(31(36)24-7-9-26-28(21-24)43-19-18-42-26)32(37)33(38)35(30)12-5-11-34-13-16-39-17-14-34/h6-9,20-22,30,36H,4-5,10-19H2,1-3H3/b31-29+. The predicted octanol–water partition coefficient (Wildman–Crippen LogP) is 4.43. The Labute approximate surface area is 253 Å². The number of ether oxygens (including phenoxy) is 5. The van der Waals surface area contributed by atoms with Gasteiger partial charge < -0.3 is 33.7 Å². The summed E-state index contributed by atoms with van der Waals surface area (Å²) in [6.07, 6.45) is 1.56. The number of carbonyl (C=O) groups is 2. The minimum Gasteiger partial charge on any atom is -0.507 e. The van der Waals surface area contributed by atoms with Crippen LogP contribution in [0.25, 0.3) is 5.76 Å². The molecule has 2 aromatic rings. The molecule has 3 heterocycles. The quantitative estimate of drug-likeness (QED) is 0.217. The second-order valence-electron chi connectivity index (χ2n) is 11.3. The smallest absolute Gasteiger partial charge is 0.295 e. The lowest BCUT2D eigenvalue weighted by atomic mass is 9.94. The molecule has 1 amide bonds. The number of aliphatic hydroxyl groups is 1. The van der Waals surface area contributed by atoms with E-state index in [-0.39, 0.29) is 11.3 Å². The van der Waals surface area contributed by atoms with E-state index in [1.54, 1.807) is 23.1 Å². The molecule has 1 N–H and O–H groups in total. The van der Waals surface area contributed by atoms with E-state index in [0.717, 1.165) is 26.1 Å². The number of amides is 1. The van der Waals surface area contributed by atoms with Gasteiger partial charge in [-0.25, -0.2) is 0 Å². The van der Waals surface area contributed by atoms with Gasteiger partial charge in [0.2, 0.25) is 0 Å². The van der Waals surface area contributed by atoms with Crippen LogP contribution in [0.1, 0.15) is 50.8 Å². The van der Waals surface area contributed by atoms with Crippen LogP contribution in [0.2, 0.25) is 0 Å². The Kier molecular flexibility index (Phi) is 10.1. The number of rotatable bonds is 12. The van der Waals surface area contributed by atoms with Crippen LogP contribution in [0.15, 0.2) is 42.0 Å². The van der Waals surface area contributed by atoms with E-state index in [0.29, 0.717) is 92.6 Å². The molecule has 5 rings (SSSR count). The van der Waals surface area contributed by atoms with Crippen molar-refractivity contribution in [2.24, 2.45) is 5.92 Å². The number of likely N-dealkylation sites (tertiary alicyclic amines) is 1. The number of ketones is 1. The number of carbonyl (C=O) groups excluding carboxylic acids is 2. The van der Waals surface area contributed by atoms with Crippen molar-refractivity contribution in [2.75, 3.05) is 65.8 Å². The van der Waals surface area contributed by atoms with Crippen LogP contribution >= 0.6 is 0 Å². The van der Waals surface area contributed by atoms with Crippen LogP contribution < -0.4 is 18.9 Å². The molecule has 1 atom stereocenters. The molecule has 232 valence electrons. The summed E-state index contributed by atoms with van der Waals surface area (Å²) in [6, 6.07) is 9.69. The topological polar surface area (TPSA) is 107 Å². The molecule has 2 saturated heterocycles. The third-order valence-corrected chi connectivity index (χ3v) is 7.87. The number of benzene rings is 2. The Morgan fingerprint density at radius 3 is 2.47 bits per heavy atom. The van der Waals surface area contributed by atoms with Gasteiger partial charge in [0.05, 0.1) is 38.0 Å². The highest BCUT2D eigenvalue weighted by Crippen LogP contribution is 2.43. The molecule has 3 aliphatic rings. The molecule has 3 aliphatic heterocycles. The highest BCUT2D eigenvalue weighted by Gasteiger charge is 2.46. The van der Waals surface area contributed by atoms with E-state index in [1.165, 1.54) is 0 Å². The van der Waals surface area contributed by atoms with Gasteiger partial charge in [-0.05, 0) is 61.6 Å². The second-order valence-corrected chi connectivity index (χ2v) is 11.3. The van der Waals surface area contributed by atoms with Crippen LogP contribution in [-0.2, 0) is 14.3 Å². The molecule has 2 aromatic carbocycles. The van der Waals surface area contributed by atoms with Gasteiger partial charge in [-0.15, -0.1) is 0 Å². The van der Waals surface area contributed by atoms with Gasteiger partial charge in [0.1, 0.15) is 19.0 Å². The van der Waals surface area contributed by atoms with E-state index >= 15 is 0 Å². The first-order valence-corrected chi connectivity index (χ1v) is 15.3. The molecule has 10 heteroatoms. The maximum atomic E-state index is 13.6. The number of Topliss-reactive ketones (excluding diaryl/α,β-unsaturated/α-hetero) is 1. The van der Waals surface area contributed by atoms with E-state index in [1.807, 2.05) is 25.1 Å². The monoisotopic (exact) mass is 594 g/mol. The summed E-state index contributed by atoms with van der Waals surface area (Å²) in [5.74, 6) is 1.05. The summed E-state index contributed by atoms with van der Waals surface area (Å²) in [4.78, 5) is 31.0. The highest BCUT2D eigenvalue weighted by molar-refractivity contribution is 6.46. The van der Waals surface area contributed by atoms with E-state index in [2.05, 4.69) is 18.7 Å². The maximum absolute atomic E-state index is 13.6. The van der Waals surface area contributed by atoms with E-state index in [9.17, 15) is 14.7 Å². The Balaban J connectivity index is 1.50. The van der Waals surface area contributed by atoms with Crippen molar-refractivity contribution in [1.82, 2.24) is 9.80 Å². The van der Waals surface area contributed by atoms with Crippen LogP contribution in [0.5, 0.6) is 23.0 Å². The molecule has 43 heavy (non-hydrogen) atoms. The average Bonchev–Trinajstić information content (AvgIpc) is 3.26. The zero-order valence-corrected chi connectivity index (χ0v) is 25.3. The lowest BCUT2D eigenvalue weighted by Crippen LogP contribution is -2.39. The van der Waals surface area contributed by atoms with E-state index in [4.69, 9.17) is 23.7 Å². The summed E-state index contributed by atoms with van der Waals surface area (Å²) in [6.45, 7) is 12.1. The Morgan fingerprint density at radius 2 is 1.72 bits per heavy atom. The number of hydrogen-bond acceptors (Lipinski definition) is 9. The normalized spacial score (nSPS) is 20.1. The van der Waals surface area contributed by atoms with Gasteiger partial charge in [0.25, 0.3) is 11.7 Å². The summed E-state index contributed by atoms with van der Waals surface area (Å²) in [5, 5.41) is 11.6. The number of fused-ring (bicyclic) bond motifs is 1. The molecule has 0 aliphatic carbocycles.